The van der Waals surface area contributed by atoms with E-state index in [1.807, 2.05) is 0 Å². The number of hydrogen-bond acceptors (Lipinski definition) is 6. The lowest BCUT2D eigenvalue weighted by Gasteiger charge is -2.33. The van der Waals surface area contributed by atoms with Crippen LogP contribution >= 0.6 is 11.8 Å². The molecule has 1 aromatic heterocycles. The highest BCUT2D eigenvalue weighted by molar-refractivity contribution is 8.13. The van der Waals surface area contributed by atoms with E-state index in [0.717, 1.165) is 25.1 Å². The number of hydrogen-bond donors (Lipinski definition) is 1. The number of thioether (sulfide) groups is 1. The highest BCUT2D eigenvalue weighted by Gasteiger charge is 2.26. The monoisotopic (exact) mass is 321 g/mol. The summed E-state index contributed by atoms with van der Waals surface area (Å²) in [5.74, 6) is 1.39. The molecule has 0 spiro atoms. The zero-order valence-electron chi connectivity index (χ0n) is 12.3. The Morgan fingerprint density at radius 1 is 1.36 bits per heavy atom. The van der Waals surface area contributed by atoms with Crippen LogP contribution in [-0.4, -0.2) is 64.0 Å². The first-order chi connectivity index (χ1) is 10.7. The minimum absolute atomic E-state index is 0.00175. The quantitative estimate of drug-likeness (QED) is 0.881. The Balaban J connectivity index is 1.52. The van der Waals surface area contributed by atoms with Crippen LogP contribution < -0.4 is 10.2 Å². The molecule has 2 amide bonds. The van der Waals surface area contributed by atoms with Gasteiger partial charge < -0.3 is 15.1 Å². The normalized spacial score (nSPS) is 22.0. The van der Waals surface area contributed by atoms with Gasteiger partial charge in [-0.2, -0.15) is 0 Å². The molecule has 2 saturated heterocycles. The molecule has 3 heterocycles. The number of carbonyl (C=O) groups is 2. The molecule has 1 N–H and O–H groups in total. The standard InChI is InChI=1S/C14H19N5O2S/c20-12(10-19-7-8-22-14(19)21)17-11-3-1-6-18(9-11)13-15-4-2-5-16-13/h2,4-5,11H,1,3,6-10H2,(H,17,20)/t11-/m1/s1. The van der Waals surface area contributed by atoms with E-state index >= 15 is 0 Å². The summed E-state index contributed by atoms with van der Waals surface area (Å²) in [6.07, 6.45) is 5.38. The van der Waals surface area contributed by atoms with Crippen LogP contribution in [0.15, 0.2) is 18.5 Å². The van der Waals surface area contributed by atoms with Crippen LogP contribution in [0.2, 0.25) is 0 Å². The van der Waals surface area contributed by atoms with Gasteiger partial charge in [0.15, 0.2) is 0 Å². The van der Waals surface area contributed by atoms with E-state index in [-0.39, 0.29) is 23.7 Å². The van der Waals surface area contributed by atoms with Crippen molar-refractivity contribution in [3.63, 3.8) is 0 Å². The number of rotatable bonds is 4. The second kappa shape index (κ2) is 6.95. The Morgan fingerprint density at radius 2 is 2.18 bits per heavy atom. The van der Waals surface area contributed by atoms with Gasteiger partial charge in [0.1, 0.15) is 6.54 Å². The lowest BCUT2D eigenvalue weighted by molar-refractivity contribution is -0.122. The van der Waals surface area contributed by atoms with Gasteiger partial charge in [-0.3, -0.25) is 9.59 Å². The number of nitrogens with one attached hydrogen (secondary N) is 1. The van der Waals surface area contributed by atoms with Crippen LogP contribution in [-0.2, 0) is 4.79 Å². The number of carbonyl (C=O) groups excluding carboxylic acids is 2. The zero-order valence-corrected chi connectivity index (χ0v) is 13.1. The second-order valence-electron chi connectivity index (χ2n) is 5.44. The predicted octanol–water partition coefficient (Wildman–Crippen LogP) is 0.730. The summed E-state index contributed by atoms with van der Waals surface area (Å²) < 4.78 is 0. The minimum atomic E-state index is -0.0864. The van der Waals surface area contributed by atoms with Crippen LogP contribution in [0, 0.1) is 0 Å². The van der Waals surface area contributed by atoms with Crippen molar-refractivity contribution in [3.8, 4) is 0 Å². The van der Waals surface area contributed by atoms with Crippen LogP contribution in [0.3, 0.4) is 0 Å². The molecule has 2 aliphatic heterocycles. The van der Waals surface area contributed by atoms with Crippen LogP contribution in [0.1, 0.15) is 12.8 Å². The highest BCUT2D eigenvalue weighted by atomic mass is 32.2. The van der Waals surface area contributed by atoms with E-state index in [4.69, 9.17) is 0 Å². The average molecular weight is 321 g/mol. The Morgan fingerprint density at radius 3 is 2.91 bits per heavy atom. The number of nitrogens with zero attached hydrogens (tertiary/aromatic N) is 4. The molecule has 1 aromatic rings. The van der Waals surface area contributed by atoms with Crippen molar-refractivity contribution in [2.75, 3.05) is 36.8 Å². The maximum atomic E-state index is 12.1. The highest BCUT2D eigenvalue weighted by Crippen LogP contribution is 2.17. The molecule has 22 heavy (non-hydrogen) atoms. The van der Waals surface area contributed by atoms with Crippen LogP contribution in [0.25, 0.3) is 0 Å². The van der Waals surface area contributed by atoms with Gasteiger partial charge in [0.25, 0.3) is 5.24 Å². The second-order valence-corrected chi connectivity index (χ2v) is 6.48. The molecule has 2 aliphatic rings. The fraction of sp³-hybridized carbons (Fsp3) is 0.571. The zero-order chi connectivity index (χ0) is 15.4. The number of piperidine rings is 1. The smallest absolute Gasteiger partial charge is 0.282 e. The van der Waals surface area contributed by atoms with Crippen LogP contribution in [0.4, 0.5) is 10.7 Å². The van der Waals surface area contributed by atoms with Gasteiger partial charge in [0.05, 0.1) is 0 Å². The Hall–Kier alpha value is -1.83. The molecule has 0 saturated carbocycles. The molecule has 0 unspecified atom stereocenters. The van der Waals surface area contributed by atoms with Gasteiger partial charge >= 0.3 is 0 Å². The van der Waals surface area contributed by atoms with Gasteiger partial charge in [-0.15, -0.1) is 0 Å². The molecule has 0 bridgehead atoms. The Kier molecular flexibility index (Phi) is 4.77. The number of amides is 2. The fourth-order valence-corrected chi connectivity index (χ4v) is 3.57. The molecule has 0 radical (unpaired) electrons. The van der Waals surface area contributed by atoms with Crippen molar-refractivity contribution >= 4 is 28.9 Å². The summed E-state index contributed by atoms with van der Waals surface area (Å²) in [6.45, 7) is 2.42. The Labute approximate surface area is 133 Å². The van der Waals surface area contributed by atoms with Crippen molar-refractivity contribution in [1.29, 1.82) is 0 Å². The minimum Gasteiger partial charge on any atom is -0.350 e. The van der Waals surface area contributed by atoms with E-state index in [2.05, 4.69) is 20.2 Å². The van der Waals surface area contributed by atoms with Gasteiger partial charge in [-0.05, 0) is 18.9 Å². The summed E-state index contributed by atoms with van der Waals surface area (Å²) in [6, 6.07) is 1.87. The SMILES string of the molecule is O=C(CN1CCSC1=O)N[C@@H]1CCCN(c2ncccn2)C1. The van der Waals surface area contributed by atoms with E-state index in [9.17, 15) is 9.59 Å². The van der Waals surface area contributed by atoms with E-state index < -0.39 is 0 Å². The third-order valence-electron chi connectivity index (χ3n) is 3.80. The molecule has 2 fully saturated rings. The van der Waals surface area contributed by atoms with Gasteiger partial charge in [-0.25, -0.2) is 9.97 Å². The predicted molar refractivity (Wildman–Crippen MR) is 84.8 cm³/mol. The molecule has 8 heteroatoms. The largest absolute Gasteiger partial charge is 0.350 e. The van der Waals surface area contributed by atoms with Crippen molar-refractivity contribution in [3.05, 3.63) is 18.5 Å². The Bertz CT molecular complexity index is 541. The average Bonchev–Trinajstić information content (AvgIpc) is 2.93. The van der Waals surface area contributed by atoms with E-state index in [1.54, 1.807) is 23.4 Å². The first kappa shape index (κ1) is 15.1. The van der Waals surface area contributed by atoms with Crippen LogP contribution in [0.5, 0.6) is 0 Å². The van der Waals surface area contributed by atoms with Crippen molar-refractivity contribution in [2.24, 2.45) is 0 Å². The fourth-order valence-electron chi connectivity index (χ4n) is 2.75. The molecule has 1 atom stereocenters. The molecule has 7 nitrogen and oxygen atoms in total. The van der Waals surface area contributed by atoms with Crippen molar-refractivity contribution < 1.29 is 9.59 Å². The molecule has 0 aliphatic carbocycles. The lowest BCUT2D eigenvalue weighted by atomic mass is 10.1. The third kappa shape index (κ3) is 3.68. The number of anilines is 1. The summed E-state index contributed by atoms with van der Waals surface area (Å²) >= 11 is 1.27. The number of aromatic nitrogens is 2. The molecule has 118 valence electrons. The summed E-state index contributed by atoms with van der Waals surface area (Å²) in [4.78, 5) is 35.8. The maximum absolute atomic E-state index is 12.1. The first-order valence-electron chi connectivity index (χ1n) is 7.45. The molecule has 0 aromatic carbocycles. The topological polar surface area (TPSA) is 78.4 Å². The van der Waals surface area contributed by atoms with E-state index in [0.29, 0.717) is 19.0 Å². The summed E-state index contributed by atoms with van der Waals surface area (Å²) in [7, 11) is 0. The van der Waals surface area contributed by atoms with Gasteiger partial charge in [-0.1, -0.05) is 11.8 Å². The first-order valence-corrected chi connectivity index (χ1v) is 8.44. The summed E-state index contributed by atoms with van der Waals surface area (Å²) in [5.41, 5.74) is 0. The van der Waals surface area contributed by atoms with Crippen molar-refractivity contribution in [2.45, 2.75) is 18.9 Å². The van der Waals surface area contributed by atoms with E-state index in [1.165, 1.54) is 11.8 Å². The molecule has 3 rings (SSSR count). The lowest BCUT2D eigenvalue weighted by Crippen LogP contribution is -2.50. The van der Waals surface area contributed by atoms with Crippen molar-refractivity contribution in [1.82, 2.24) is 20.2 Å². The third-order valence-corrected chi connectivity index (χ3v) is 4.69. The summed E-state index contributed by atoms with van der Waals surface area (Å²) in [5, 5.41) is 3.02. The van der Waals surface area contributed by atoms with Gasteiger partial charge in [0.2, 0.25) is 11.9 Å². The molecular weight excluding hydrogens is 302 g/mol. The maximum Gasteiger partial charge on any atom is 0.282 e. The van der Waals surface area contributed by atoms with Gasteiger partial charge in [0, 0.05) is 43.8 Å². The molecular formula is C14H19N5O2S.